The van der Waals surface area contributed by atoms with Gasteiger partial charge < -0.3 is 10.4 Å². The first-order chi connectivity index (χ1) is 12.0. The number of nitrogens with zero attached hydrogens (tertiary/aromatic N) is 2. The number of rotatable bonds is 5. The van der Waals surface area contributed by atoms with Crippen LogP contribution in [0.4, 0.5) is 11.5 Å². The molecule has 2 heterocycles. The summed E-state index contributed by atoms with van der Waals surface area (Å²) in [6, 6.07) is 10.7. The number of thiophene rings is 1. The number of carboxylic acid groups (broad SMARTS) is 1. The molecule has 0 radical (unpaired) electrons. The van der Waals surface area contributed by atoms with Gasteiger partial charge in [0, 0.05) is 21.8 Å². The van der Waals surface area contributed by atoms with E-state index in [-0.39, 0.29) is 5.56 Å². The molecule has 3 rings (SSSR count). The molecule has 0 unspecified atom stereocenters. The summed E-state index contributed by atoms with van der Waals surface area (Å²) >= 11 is 1.67. The monoisotopic (exact) mass is 353 g/mol. The average molecular weight is 353 g/mol. The van der Waals surface area contributed by atoms with Gasteiger partial charge in [-0.1, -0.05) is 6.92 Å². The van der Waals surface area contributed by atoms with Gasteiger partial charge in [0.2, 0.25) is 0 Å². The van der Waals surface area contributed by atoms with Gasteiger partial charge in [-0.2, -0.15) is 0 Å². The third-order valence-electron chi connectivity index (χ3n) is 3.92. The fraction of sp³-hybridized carbons (Fsp3) is 0.211. The second-order valence-electron chi connectivity index (χ2n) is 5.73. The van der Waals surface area contributed by atoms with Crippen LogP contribution >= 0.6 is 11.3 Å². The Balaban J connectivity index is 1.98. The minimum absolute atomic E-state index is 0.259. The zero-order valence-corrected chi connectivity index (χ0v) is 15.1. The molecule has 128 valence electrons. The van der Waals surface area contributed by atoms with E-state index in [9.17, 15) is 4.79 Å². The third kappa shape index (κ3) is 3.69. The lowest BCUT2D eigenvalue weighted by Gasteiger charge is -2.13. The highest BCUT2D eigenvalue weighted by Crippen LogP contribution is 2.29. The molecule has 0 aliphatic rings. The van der Waals surface area contributed by atoms with Crippen molar-refractivity contribution in [3.05, 3.63) is 58.1 Å². The predicted octanol–water partition coefficient (Wildman–Crippen LogP) is 4.83. The van der Waals surface area contributed by atoms with Gasteiger partial charge in [0.05, 0.1) is 10.4 Å². The number of aromatic carboxylic acids is 1. The van der Waals surface area contributed by atoms with Crippen molar-refractivity contribution in [3.8, 4) is 10.7 Å². The van der Waals surface area contributed by atoms with Crippen LogP contribution in [0, 0.1) is 13.8 Å². The fourth-order valence-electron chi connectivity index (χ4n) is 2.62. The molecule has 0 amide bonds. The van der Waals surface area contributed by atoms with Crippen molar-refractivity contribution in [2.75, 3.05) is 5.32 Å². The molecule has 0 aliphatic heterocycles. The van der Waals surface area contributed by atoms with Crippen LogP contribution in [0.2, 0.25) is 0 Å². The summed E-state index contributed by atoms with van der Waals surface area (Å²) < 4.78 is 0. The first-order valence-electron chi connectivity index (χ1n) is 8.02. The Kier molecular flexibility index (Phi) is 4.81. The molecule has 0 saturated heterocycles. The quantitative estimate of drug-likeness (QED) is 0.687. The number of hydrogen-bond donors (Lipinski definition) is 2. The number of anilines is 2. The zero-order chi connectivity index (χ0) is 18.0. The van der Waals surface area contributed by atoms with Crippen LogP contribution < -0.4 is 5.32 Å². The van der Waals surface area contributed by atoms with Crippen LogP contribution in [-0.2, 0) is 6.42 Å². The van der Waals surface area contributed by atoms with E-state index in [0.29, 0.717) is 5.82 Å². The summed E-state index contributed by atoms with van der Waals surface area (Å²) in [7, 11) is 0. The summed E-state index contributed by atoms with van der Waals surface area (Å²) in [5.41, 5.74) is 3.06. The SMILES string of the molecule is CCc1c(C)nc(-c2ccc(C)s2)nc1Nc1ccc(C(=O)O)cc1. The van der Waals surface area contributed by atoms with Crippen molar-refractivity contribution in [2.24, 2.45) is 0 Å². The Morgan fingerprint density at radius 3 is 2.40 bits per heavy atom. The van der Waals surface area contributed by atoms with E-state index in [0.717, 1.165) is 34.1 Å². The largest absolute Gasteiger partial charge is 0.478 e. The third-order valence-corrected chi connectivity index (χ3v) is 4.92. The number of benzene rings is 1. The maximum absolute atomic E-state index is 11.0. The van der Waals surface area contributed by atoms with E-state index in [1.54, 1.807) is 35.6 Å². The van der Waals surface area contributed by atoms with Gasteiger partial charge in [0.15, 0.2) is 5.82 Å². The topological polar surface area (TPSA) is 75.1 Å². The molecular formula is C19H19N3O2S. The Morgan fingerprint density at radius 1 is 1.12 bits per heavy atom. The van der Waals surface area contributed by atoms with Gasteiger partial charge in [0.25, 0.3) is 0 Å². The van der Waals surface area contributed by atoms with E-state index in [2.05, 4.69) is 30.2 Å². The first-order valence-corrected chi connectivity index (χ1v) is 8.84. The lowest BCUT2D eigenvalue weighted by Crippen LogP contribution is -2.05. The first kappa shape index (κ1) is 17.1. The number of aromatic nitrogens is 2. The van der Waals surface area contributed by atoms with Gasteiger partial charge in [-0.3, -0.25) is 0 Å². The molecule has 0 fully saturated rings. The van der Waals surface area contributed by atoms with Crippen molar-refractivity contribution >= 4 is 28.8 Å². The van der Waals surface area contributed by atoms with Gasteiger partial charge in [-0.05, 0) is 56.7 Å². The fourth-order valence-corrected chi connectivity index (χ4v) is 3.42. The standard InChI is InChI=1S/C19H19N3O2S/c1-4-15-12(3)20-18(16-10-5-11(2)25-16)22-17(15)21-14-8-6-13(7-9-14)19(23)24/h5-10H,4H2,1-3H3,(H,23,24)(H,20,21,22). The molecule has 1 aromatic carbocycles. The highest BCUT2D eigenvalue weighted by atomic mass is 32.1. The number of carbonyl (C=O) groups is 1. The molecule has 25 heavy (non-hydrogen) atoms. The maximum atomic E-state index is 11.0. The van der Waals surface area contributed by atoms with Crippen molar-refractivity contribution < 1.29 is 9.90 Å². The van der Waals surface area contributed by atoms with Crippen LogP contribution in [-0.4, -0.2) is 21.0 Å². The highest BCUT2D eigenvalue weighted by molar-refractivity contribution is 7.15. The molecular weight excluding hydrogens is 334 g/mol. The lowest BCUT2D eigenvalue weighted by atomic mass is 10.1. The minimum atomic E-state index is -0.936. The highest BCUT2D eigenvalue weighted by Gasteiger charge is 2.13. The molecule has 0 saturated carbocycles. The number of hydrogen-bond acceptors (Lipinski definition) is 5. The lowest BCUT2D eigenvalue weighted by molar-refractivity contribution is 0.0697. The molecule has 2 N–H and O–H groups in total. The van der Waals surface area contributed by atoms with Crippen LogP contribution in [0.3, 0.4) is 0 Å². The molecule has 3 aromatic rings. The summed E-state index contributed by atoms with van der Waals surface area (Å²) in [4.78, 5) is 22.6. The Morgan fingerprint density at radius 2 is 1.84 bits per heavy atom. The van der Waals surface area contributed by atoms with E-state index in [1.807, 2.05) is 13.0 Å². The minimum Gasteiger partial charge on any atom is -0.478 e. The van der Waals surface area contributed by atoms with E-state index in [4.69, 9.17) is 10.1 Å². The number of aryl methyl sites for hydroxylation is 2. The normalized spacial score (nSPS) is 10.7. The second kappa shape index (κ2) is 7.03. The van der Waals surface area contributed by atoms with E-state index < -0.39 is 5.97 Å². The molecule has 6 heteroatoms. The van der Waals surface area contributed by atoms with Crippen molar-refractivity contribution in [1.82, 2.24) is 9.97 Å². The number of nitrogens with one attached hydrogen (secondary N) is 1. The van der Waals surface area contributed by atoms with Gasteiger partial charge >= 0.3 is 5.97 Å². The summed E-state index contributed by atoms with van der Waals surface area (Å²) in [5, 5.41) is 12.3. The van der Waals surface area contributed by atoms with Gasteiger partial charge in [-0.25, -0.2) is 14.8 Å². The van der Waals surface area contributed by atoms with Gasteiger partial charge in [0.1, 0.15) is 5.82 Å². The van der Waals surface area contributed by atoms with Gasteiger partial charge in [-0.15, -0.1) is 11.3 Å². The number of carboxylic acids is 1. The summed E-state index contributed by atoms with van der Waals surface area (Å²) in [5.74, 6) is 0.533. The zero-order valence-electron chi connectivity index (χ0n) is 14.3. The summed E-state index contributed by atoms with van der Waals surface area (Å²) in [6.45, 7) is 6.12. The van der Waals surface area contributed by atoms with Crippen LogP contribution in [0.1, 0.15) is 33.4 Å². The van der Waals surface area contributed by atoms with E-state index in [1.165, 1.54) is 4.88 Å². The molecule has 0 bridgehead atoms. The molecule has 0 spiro atoms. The van der Waals surface area contributed by atoms with E-state index >= 15 is 0 Å². The smallest absolute Gasteiger partial charge is 0.335 e. The van der Waals surface area contributed by atoms with Crippen LogP contribution in [0.5, 0.6) is 0 Å². The van der Waals surface area contributed by atoms with Crippen LogP contribution in [0.25, 0.3) is 10.7 Å². The summed E-state index contributed by atoms with van der Waals surface area (Å²) in [6.07, 6.45) is 0.811. The Bertz CT molecular complexity index is 917. The second-order valence-corrected chi connectivity index (χ2v) is 7.02. The molecule has 0 atom stereocenters. The molecule has 5 nitrogen and oxygen atoms in total. The predicted molar refractivity (Wildman–Crippen MR) is 101 cm³/mol. The Hall–Kier alpha value is -2.73. The van der Waals surface area contributed by atoms with Crippen molar-refractivity contribution in [2.45, 2.75) is 27.2 Å². The molecule has 2 aromatic heterocycles. The molecule has 0 aliphatic carbocycles. The average Bonchev–Trinajstić information content (AvgIpc) is 3.01. The van der Waals surface area contributed by atoms with Crippen LogP contribution in [0.15, 0.2) is 36.4 Å². The Labute approximate surface area is 150 Å². The van der Waals surface area contributed by atoms with Crippen molar-refractivity contribution in [1.29, 1.82) is 0 Å². The maximum Gasteiger partial charge on any atom is 0.335 e. The van der Waals surface area contributed by atoms with Crippen molar-refractivity contribution in [3.63, 3.8) is 0 Å².